The maximum absolute atomic E-state index is 13.2. The minimum absolute atomic E-state index is 0. The minimum Gasteiger partial charge on any atom is -0.383 e. The molecular weight excluding hydrogens is 477 g/mol. The Morgan fingerprint density at radius 2 is 1.91 bits per heavy atom. The zero-order valence-electron chi connectivity index (χ0n) is 19.5. The fourth-order valence-electron chi connectivity index (χ4n) is 4.60. The summed E-state index contributed by atoms with van der Waals surface area (Å²) >= 11 is 6.36. The number of hydrogen-bond acceptors (Lipinski definition) is 3. The van der Waals surface area contributed by atoms with Gasteiger partial charge < -0.3 is 10.6 Å². The van der Waals surface area contributed by atoms with Gasteiger partial charge in [-0.25, -0.2) is 0 Å². The van der Waals surface area contributed by atoms with Crippen LogP contribution in [-0.4, -0.2) is 24.0 Å². The first-order chi connectivity index (χ1) is 16.6. The van der Waals surface area contributed by atoms with Crippen LogP contribution in [0.25, 0.3) is 11.1 Å². The molecule has 0 spiro atoms. The van der Waals surface area contributed by atoms with E-state index in [9.17, 15) is 4.79 Å². The molecule has 4 nitrogen and oxygen atoms in total. The molecule has 1 heterocycles. The summed E-state index contributed by atoms with van der Waals surface area (Å²) in [5, 5.41) is 7.52. The number of nitrogens with one attached hydrogen (secondary N) is 2. The standard InChI is InChI=1S/C29H28ClN3O.ClH/c30-24-11-7-10-23(16-24)29(14-5-2-6-15-29)20-33-27-25(22-8-3-1-4-9-22)18-31-19-26(27)28(34)32-17-21-12-13-21;/h1,3-4,7-11,16,18-19,21H,5,12-15,17,20H2,(H,31,33)(H,32,34);1H. The van der Waals surface area contributed by atoms with Crippen LogP contribution in [0.3, 0.4) is 0 Å². The summed E-state index contributed by atoms with van der Waals surface area (Å²) in [7, 11) is 0. The molecule has 180 valence electrons. The van der Waals surface area contributed by atoms with Gasteiger partial charge in [0.2, 0.25) is 0 Å². The maximum Gasteiger partial charge on any atom is 0.254 e. The van der Waals surface area contributed by atoms with E-state index in [1.165, 1.54) is 18.4 Å². The Bertz CT molecular complexity index is 1250. The summed E-state index contributed by atoms with van der Waals surface area (Å²) in [4.78, 5) is 17.6. The molecule has 1 unspecified atom stereocenters. The van der Waals surface area contributed by atoms with Gasteiger partial charge in [-0.1, -0.05) is 54.1 Å². The van der Waals surface area contributed by atoms with E-state index < -0.39 is 0 Å². The summed E-state index contributed by atoms with van der Waals surface area (Å²) in [6.45, 7) is 1.37. The highest BCUT2D eigenvalue weighted by Gasteiger charge is 2.33. The number of hydrogen-bond donors (Lipinski definition) is 2. The first-order valence-electron chi connectivity index (χ1n) is 11.9. The van der Waals surface area contributed by atoms with Gasteiger partial charge in [0, 0.05) is 54.3 Å². The van der Waals surface area contributed by atoms with Gasteiger partial charge in [0.25, 0.3) is 5.91 Å². The molecule has 35 heavy (non-hydrogen) atoms. The average molecular weight is 506 g/mol. The smallest absolute Gasteiger partial charge is 0.254 e. The number of pyridine rings is 1. The molecule has 3 aromatic rings. The number of carbonyl (C=O) groups is 1. The second kappa shape index (κ2) is 11.2. The molecule has 0 saturated heterocycles. The van der Waals surface area contributed by atoms with Crippen molar-refractivity contribution in [3.05, 3.63) is 83.1 Å². The molecule has 6 heteroatoms. The molecule has 5 rings (SSSR count). The lowest BCUT2D eigenvalue weighted by Crippen LogP contribution is -2.36. The number of rotatable bonds is 8. The summed E-state index contributed by atoms with van der Waals surface area (Å²) in [6.07, 6.45) is 8.40. The van der Waals surface area contributed by atoms with Crippen LogP contribution >= 0.6 is 24.0 Å². The minimum atomic E-state index is -0.185. The van der Waals surface area contributed by atoms with Gasteiger partial charge >= 0.3 is 0 Å². The van der Waals surface area contributed by atoms with Crippen LogP contribution in [0.1, 0.15) is 48.0 Å². The molecule has 0 aliphatic heterocycles. The van der Waals surface area contributed by atoms with E-state index in [4.69, 9.17) is 11.6 Å². The number of anilines is 1. The highest BCUT2D eigenvalue weighted by molar-refractivity contribution is 6.30. The van der Waals surface area contributed by atoms with Gasteiger partial charge in [-0.3, -0.25) is 9.78 Å². The highest BCUT2D eigenvalue weighted by Crippen LogP contribution is 2.38. The van der Waals surface area contributed by atoms with E-state index in [0.717, 1.165) is 47.6 Å². The normalized spacial score (nSPS) is 18.5. The highest BCUT2D eigenvalue weighted by atomic mass is 35.5. The molecule has 1 amide bonds. The summed E-state index contributed by atoms with van der Waals surface area (Å²) in [5.41, 5.74) is 4.32. The number of aromatic nitrogens is 1. The van der Waals surface area contributed by atoms with E-state index in [2.05, 4.69) is 33.5 Å². The molecule has 1 atom stereocenters. The predicted octanol–water partition coefficient (Wildman–Crippen LogP) is 6.50. The van der Waals surface area contributed by atoms with Crippen LogP contribution in [0.15, 0.2) is 67.0 Å². The Morgan fingerprint density at radius 1 is 1.09 bits per heavy atom. The Balaban J connectivity index is 0.00000289. The third-order valence-electron chi connectivity index (χ3n) is 6.84. The topological polar surface area (TPSA) is 54.0 Å². The van der Waals surface area contributed by atoms with Gasteiger partial charge in [0.1, 0.15) is 0 Å². The van der Waals surface area contributed by atoms with Crippen molar-refractivity contribution in [2.45, 2.75) is 37.5 Å². The molecule has 1 fully saturated rings. The summed E-state index contributed by atoms with van der Waals surface area (Å²) in [5.74, 6) is 7.09. The van der Waals surface area contributed by atoms with E-state index in [0.29, 0.717) is 18.0 Å². The number of halogens is 2. The van der Waals surface area contributed by atoms with E-state index in [1.807, 2.05) is 54.7 Å². The lowest BCUT2D eigenvalue weighted by atomic mass is 9.72. The van der Waals surface area contributed by atoms with Crippen LogP contribution in [0.4, 0.5) is 5.69 Å². The van der Waals surface area contributed by atoms with Crippen molar-refractivity contribution in [3.8, 4) is 23.0 Å². The van der Waals surface area contributed by atoms with Crippen LogP contribution in [0.5, 0.6) is 0 Å². The van der Waals surface area contributed by atoms with Gasteiger partial charge in [-0.2, -0.15) is 0 Å². The third kappa shape index (κ3) is 5.81. The monoisotopic (exact) mass is 505 g/mol. The quantitative estimate of drug-likeness (QED) is 0.343. The van der Waals surface area contributed by atoms with Crippen molar-refractivity contribution < 1.29 is 4.79 Å². The Labute approximate surface area is 218 Å². The van der Waals surface area contributed by atoms with Crippen LogP contribution in [-0.2, 0) is 5.41 Å². The van der Waals surface area contributed by atoms with Crippen molar-refractivity contribution in [2.75, 3.05) is 18.4 Å². The second-order valence-electron chi connectivity index (χ2n) is 9.30. The molecule has 2 aromatic carbocycles. The molecule has 1 saturated carbocycles. The maximum atomic E-state index is 13.2. The van der Waals surface area contributed by atoms with Crippen molar-refractivity contribution in [1.29, 1.82) is 0 Å². The number of carbonyl (C=O) groups excluding carboxylic acids is 1. The number of amides is 1. The van der Waals surface area contributed by atoms with E-state index in [1.54, 1.807) is 6.20 Å². The van der Waals surface area contributed by atoms with Crippen molar-refractivity contribution >= 4 is 35.6 Å². The Kier molecular flexibility index (Phi) is 8.00. The number of nitrogens with zero attached hydrogens (tertiary/aromatic N) is 1. The molecular formula is C29H29Cl2N3O. The predicted molar refractivity (Wildman–Crippen MR) is 145 cm³/mol. The Morgan fingerprint density at radius 3 is 2.63 bits per heavy atom. The fourth-order valence-corrected chi connectivity index (χ4v) is 4.79. The van der Waals surface area contributed by atoms with Crippen LogP contribution < -0.4 is 10.6 Å². The zero-order valence-corrected chi connectivity index (χ0v) is 21.1. The first-order valence-corrected chi connectivity index (χ1v) is 12.3. The second-order valence-corrected chi connectivity index (χ2v) is 9.74. The number of benzene rings is 2. The molecule has 0 bridgehead atoms. The molecule has 2 aliphatic carbocycles. The summed E-state index contributed by atoms with van der Waals surface area (Å²) < 4.78 is 0. The van der Waals surface area contributed by atoms with Crippen LogP contribution in [0, 0.1) is 17.8 Å². The molecule has 2 N–H and O–H groups in total. The van der Waals surface area contributed by atoms with Gasteiger partial charge in [-0.05, 0) is 48.4 Å². The Hall–Kier alpha value is -3.00. The third-order valence-corrected chi connectivity index (χ3v) is 7.08. The molecule has 2 aliphatic rings. The van der Waals surface area contributed by atoms with Gasteiger partial charge in [0.05, 0.1) is 11.3 Å². The van der Waals surface area contributed by atoms with Crippen molar-refractivity contribution in [2.24, 2.45) is 5.92 Å². The van der Waals surface area contributed by atoms with E-state index in [-0.39, 0.29) is 23.7 Å². The first kappa shape index (κ1) is 25.1. The van der Waals surface area contributed by atoms with Gasteiger partial charge in [-0.15, -0.1) is 24.2 Å². The lowest BCUT2D eigenvalue weighted by molar-refractivity contribution is 0.0952. The van der Waals surface area contributed by atoms with E-state index >= 15 is 0 Å². The fraction of sp³-hybridized carbons (Fsp3) is 0.310. The molecule has 0 radical (unpaired) electrons. The lowest BCUT2D eigenvalue weighted by Gasteiger charge is -2.35. The van der Waals surface area contributed by atoms with Crippen LogP contribution in [0.2, 0.25) is 5.02 Å². The van der Waals surface area contributed by atoms with Crippen molar-refractivity contribution in [1.82, 2.24) is 10.3 Å². The largest absolute Gasteiger partial charge is 0.383 e. The average Bonchev–Trinajstić information content (AvgIpc) is 3.72. The summed E-state index contributed by atoms with van der Waals surface area (Å²) in [6, 6.07) is 18.2. The SMILES string of the molecule is Cl.O=C(NCC1CC1)c1cncc(-c2ccccc2)c1NCC1(c2cccc(Cl)c2)CC#CCC1. The zero-order chi connectivity index (χ0) is 23.4. The van der Waals surface area contributed by atoms with Crippen molar-refractivity contribution in [3.63, 3.8) is 0 Å². The van der Waals surface area contributed by atoms with Gasteiger partial charge in [0.15, 0.2) is 0 Å². The molecule has 1 aromatic heterocycles.